The number of hydrogen-bond acceptors (Lipinski definition) is 4. The molecular weight excluding hydrogens is 346 g/mol. The maximum Gasteiger partial charge on any atom is 0.221 e. The van der Waals surface area contributed by atoms with Crippen molar-refractivity contribution < 1.29 is 4.79 Å². The first-order chi connectivity index (χ1) is 12.7. The quantitative estimate of drug-likeness (QED) is 0.595. The largest absolute Gasteiger partial charge is 0.350 e. The molecule has 0 fully saturated rings. The number of nitrogens with one attached hydrogen (secondary N) is 1. The van der Waals surface area contributed by atoms with Crippen LogP contribution in [0.5, 0.6) is 0 Å². The molecule has 0 saturated heterocycles. The summed E-state index contributed by atoms with van der Waals surface area (Å²) in [6, 6.07) is 10.2. The molecule has 3 aromatic heterocycles. The molecule has 130 valence electrons. The summed E-state index contributed by atoms with van der Waals surface area (Å²) in [7, 11) is 0. The van der Waals surface area contributed by atoms with Gasteiger partial charge in [0.25, 0.3) is 0 Å². The monoisotopic (exact) mass is 363 g/mol. The first kappa shape index (κ1) is 15.3. The third-order valence-corrected chi connectivity index (χ3v) is 5.69. The third-order valence-electron chi connectivity index (χ3n) is 4.79. The molecule has 1 atom stereocenters. The number of imidazole rings is 1. The number of rotatable bonds is 2. The molecule has 0 unspecified atom stereocenters. The number of carbonyl (C=O) groups is 1. The molecule has 7 heteroatoms. The van der Waals surface area contributed by atoms with E-state index in [4.69, 9.17) is 4.98 Å². The summed E-state index contributed by atoms with van der Waals surface area (Å²) < 4.78 is 3.98. The SMILES string of the molecule is Cc1cn2c3c(nc2s1)CNC(=O)C[C@@H]3c1ccc(-n2cccn2)cc1. The van der Waals surface area contributed by atoms with E-state index >= 15 is 0 Å². The molecule has 1 amide bonds. The molecule has 4 aromatic rings. The summed E-state index contributed by atoms with van der Waals surface area (Å²) in [6.45, 7) is 2.57. The van der Waals surface area contributed by atoms with Crippen LogP contribution >= 0.6 is 11.3 Å². The highest BCUT2D eigenvalue weighted by molar-refractivity contribution is 7.17. The predicted octanol–water partition coefficient (Wildman–Crippen LogP) is 3.04. The fraction of sp³-hybridized carbons (Fsp3) is 0.211. The second kappa shape index (κ2) is 5.81. The van der Waals surface area contributed by atoms with E-state index in [1.54, 1.807) is 17.5 Å². The molecule has 4 heterocycles. The lowest BCUT2D eigenvalue weighted by atomic mass is 9.91. The van der Waals surface area contributed by atoms with Crippen LogP contribution in [0.3, 0.4) is 0 Å². The normalized spacial score (nSPS) is 17.1. The van der Waals surface area contributed by atoms with Gasteiger partial charge in [-0.25, -0.2) is 9.67 Å². The molecule has 6 nitrogen and oxygen atoms in total. The average Bonchev–Trinajstić information content (AvgIpc) is 3.32. The van der Waals surface area contributed by atoms with Crippen molar-refractivity contribution in [1.82, 2.24) is 24.5 Å². The van der Waals surface area contributed by atoms with Gasteiger partial charge in [-0.1, -0.05) is 12.1 Å². The standard InChI is InChI=1S/C19H17N5OS/c1-12-11-23-18-15(9-17(25)20-10-16(18)22-19(23)26-12)13-3-5-14(6-4-13)24-8-2-7-21-24/h2-8,11,15H,9-10H2,1H3,(H,20,25)/t15-/m1/s1. The van der Waals surface area contributed by atoms with Crippen molar-refractivity contribution in [2.45, 2.75) is 25.8 Å². The Morgan fingerprint density at radius 3 is 2.88 bits per heavy atom. The van der Waals surface area contributed by atoms with Gasteiger partial charge in [0, 0.05) is 35.8 Å². The van der Waals surface area contributed by atoms with Crippen LogP contribution in [0.2, 0.25) is 0 Å². The van der Waals surface area contributed by atoms with Crippen LogP contribution in [-0.4, -0.2) is 25.1 Å². The van der Waals surface area contributed by atoms with Crippen molar-refractivity contribution in [3.63, 3.8) is 0 Å². The van der Waals surface area contributed by atoms with E-state index in [2.05, 4.69) is 40.1 Å². The molecule has 0 spiro atoms. The molecular formula is C19H17N5OS. The summed E-state index contributed by atoms with van der Waals surface area (Å²) in [6.07, 6.45) is 6.22. The molecule has 1 N–H and O–H groups in total. The molecule has 1 aliphatic heterocycles. The second-order valence-corrected chi connectivity index (χ2v) is 7.73. The second-order valence-electron chi connectivity index (χ2n) is 6.51. The van der Waals surface area contributed by atoms with Crippen LogP contribution in [-0.2, 0) is 11.3 Å². The Balaban J connectivity index is 1.62. The van der Waals surface area contributed by atoms with Crippen LogP contribution in [0.4, 0.5) is 0 Å². The lowest BCUT2D eigenvalue weighted by Gasteiger charge is -2.16. The minimum Gasteiger partial charge on any atom is -0.350 e. The molecule has 5 rings (SSSR count). The smallest absolute Gasteiger partial charge is 0.221 e. The first-order valence-electron chi connectivity index (χ1n) is 8.53. The van der Waals surface area contributed by atoms with Crippen molar-refractivity contribution >= 4 is 22.2 Å². The number of aryl methyl sites for hydroxylation is 1. The summed E-state index contributed by atoms with van der Waals surface area (Å²) in [5, 5.41) is 7.24. The lowest BCUT2D eigenvalue weighted by molar-refractivity contribution is -0.121. The summed E-state index contributed by atoms with van der Waals surface area (Å²) in [5.74, 6) is 0.0491. The molecule has 1 aromatic carbocycles. The number of benzene rings is 1. The van der Waals surface area contributed by atoms with Crippen LogP contribution in [0.1, 0.15) is 34.2 Å². The van der Waals surface area contributed by atoms with Crippen molar-refractivity contribution in [2.24, 2.45) is 0 Å². The first-order valence-corrected chi connectivity index (χ1v) is 9.34. The van der Waals surface area contributed by atoms with Crippen molar-refractivity contribution in [3.05, 3.63) is 70.8 Å². The maximum atomic E-state index is 12.3. The number of thiazole rings is 1. The Hall–Kier alpha value is -2.93. The number of hydrogen-bond donors (Lipinski definition) is 1. The van der Waals surface area contributed by atoms with Crippen molar-refractivity contribution in [1.29, 1.82) is 0 Å². The van der Waals surface area contributed by atoms with Gasteiger partial charge in [0.1, 0.15) is 0 Å². The van der Waals surface area contributed by atoms with Crippen LogP contribution in [0.15, 0.2) is 48.9 Å². The minimum absolute atomic E-state index is 0.0110. The van der Waals surface area contributed by atoms with Gasteiger partial charge in [-0.05, 0) is 30.7 Å². The number of aromatic nitrogens is 4. The molecule has 26 heavy (non-hydrogen) atoms. The van der Waals surface area contributed by atoms with E-state index < -0.39 is 0 Å². The Labute approximate surface area is 154 Å². The number of fused-ring (bicyclic) bond motifs is 3. The van der Waals surface area contributed by atoms with Gasteiger partial charge in [-0.15, -0.1) is 11.3 Å². The van der Waals surface area contributed by atoms with Crippen LogP contribution in [0.25, 0.3) is 10.6 Å². The van der Waals surface area contributed by atoms with E-state index in [0.717, 1.165) is 27.6 Å². The lowest BCUT2D eigenvalue weighted by Crippen LogP contribution is -2.21. The van der Waals surface area contributed by atoms with Gasteiger partial charge in [0.15, 0.2) is 4.96 Å². The van der Waals surface area contributed by atoms with E-state index in [1.807, 2.05) is 29.1 Å². The number of amides is 1. The molecule has 0 bridgehead atoms. The van der Waals surface area contributed by atoms with Crippen molar-refractivity contribution in [3.8, 4) is 5.69 Å². The van der Waals surface area contributed by atoms with Gasteiger partial charge in [0.05, 0.1) is 23.6 Å². The Morgan fingerprint density at radius 2 is 2.12 bits per heavy atom. The summed E-state index contributed by atoms with van der Waals surface area (Å²) in [5.41, 5.74) is 4.20. The Bertz CT molecular complexity index is 1090. The fourth-order valence-electron chi connectivity index (χ4n) is 3.61. The van der Waals surface area contributed by atoms with E-state index in [-0.39, 0.29) is 11.8 Å². The number of nitrogens with zero attached hydrogens (tertiary/aromatic N) is 4. The molecule has 1 aliphatic rings. The average molecular weight is 363 g/mol. The highest BCUT2D eigenvalue weighted by atomic mass is 32.1. The van der Waals surface area contributed by atoms with Crippen LogP contribution < -0.4 is 5.32 Å². The maximum absolute atomic E-state index is 12.3. The van der Waals surface area contributed by atoms with Gasteiger partial charge in [-0.2, -0.15) is 5.10 Å². The highest BCUT2D eigenvalue weighted by Crippen LogP contribution is 2.35. The highest BCUT2D eigenvalue weighted by Gasteiger charge is 2.29. The molecule has 0 aliphatic carbocycles. The van der Waals surface area contributed by atoms with Gasteiger partial charge in [-0.3, -0.25) is 9.20 Å². The number of carbonyl (C=O) groups excluding carboxylic acids is 1. The summed E-state index contributed by atoms with van der Waals surface area (Å²) >= 11 is 1.68. The third kappa shape index (κ3) is 2.43. The van der Waals surface area contributed by atoms with E-state index in [9.17, 15) is 4.79 Å². The predicted molar refractivity (Wildman–Crippen MR) is 99.7 cm³/mol. The zero-order valence-corrected chi connectivity index (χ0v) is 15.0. The zero-order chi connectivity index (χ0) is 17.7. The molecule has 0 saturated carbocycles. The Morgan fingerprint density at radius 1 is 1.27 bits per heavy atom. The fourth-order valence-corrected chi connectivity index (χ4v) is 4.46. The summed E-state index contributed by atoms with van der Waals surface area (Å²) in [4.78, 5) is 19.2. The molecule has 0 radical (unpaired) electrons. The van der Waals surface area contributed by atoms with E-state index in [0.29, 0.717) is 13.0 Å². The minimum atomic E-state index is -0.0110. The van der Waals surface area contributed by atoms with Gasteiger partial charge in [0.2, 0.25) is 5.91 Å². The van der Waals surface area contributed by atoms with Gasteiger partial charge >= 0.3 is 0 Å². The van der Waals surface area contributed by atoms with Crippen molar-refractivity contribution in [2.75, 3.05) is 0 Å². The Kier molecular flexibility index (Phi) is 3.43. The topological polar surface area (TPSA) is 64.2 Å². The van der Waals surface area contributed by atoms with E-state index in [1.165, 1.54) is 4.88 Å². The van der Waals surface area contributed by atoms with Crippen LogP contribution in [0, 0.1) is 6.92 Å². The van der Waals surface area contributed by atoms with Gasteiger partial charge < -0.3 is 5.32 Å². The zero-order valence-electron chi connectivity index (χ0n) is 14.2.